The molecule has 0 aromatic carbocycles. The first kappa shape index (κ1) is 14.0. The molecule has 0 radical (unpaired) electrons. The summed E-state index contributed by atoms with van der Waals surface area (Å²) in [7, 11) is 0. The Labute approximate surface area is 102 Å². The number of nitrogens with one attached hydrogen (secondary N) is 1. The van der Waals surface area contributed by atoms with Crippen LogP contribution in [0.25, 0.3) is 0 Å². The van der Waals surface area contributed by atoms with Gasteiger partial charge >= 0.3 is 0 Å². The van der Waals surface area contributed by atoms with Gasteiger partial charge in [0.1, 0.15) is 0 Å². The number of hydrogen-bond donors (Lipinski definition) is 1. The predicted molar refractivity (Wildman–Crippen MR) is 71.9 cm³/mol. The van der Waals surface area contributed by atoms with E-state index in [0.717, 1.165) is 6.04 Å². The highest BCUT2D eigenvalue weighted by atomic mass is 15.2. The third-order valence-electron chi connectivity index (χ3n) is 3.66. The lowest BCUT2D eigenvalue weighted by Crippen LogP contribution is -2.38. The van der Waals surface area contributed by atoms with Gasteiger partial charge in [0.05, 0.1) is 0 Å². The van der Waals surface area contributed by atoms with Crippen LogP contribution >= 0.6 is 0 Å². The van der Waals surface area contributed by atoms with E-state index in [1.54, 1.807) is 0 Å². The summed E-state index contributed by atoms with van der Waals surface area (Å²) in [5.41, 5.74) is 0. The van der Waals surface area contributed by atoms with Crippen LogP contribution in [-0.2, 0) is 0 Å². The molecule has 1 atom stereocenters. The van der Waals surface area contributed by atoms with E-state index in [1.165, 1.54) is 71.1 Å². The molecule has 0 aromatic heterocycles. The van der Waals surface area contributed by atoms with Crippen molar-refractivity contribution < 1.29 is 0 Å². The predicted octanol–water partition coefficient (Wildman–Crippen LogP) is 3.03. The molecule has 0 amide bonds. The number of likely N-dealkylation sites (tertiary alicyclic amines) is 1. The molecule has 1 unspecified atom stereocenters. The zero-order chi connectivity index (χ0) is 11.6. The van der Waals surface area contributed by atoms with Crippen molar-refractivity contribution in [3.05, 3.63) is 0 Å². The van der Waals surface area contributed by atoms with Crippen molar-refractivity contribution >= 4 is 0 Å². The Morgan fingerprint density at radius 2 is 1.75 bits per heavy atom. The average molecular weight is 226 g/mol. The molecule has 1 aliphatic rings. The van der Waals surface area contributed by atoms with Crippen molar-refractivity contribution in [1.82, 2.24) is 10.2 Å². The Morgan fingerprint density at radius 1 is 1.06 bits per heavy atom. The standard InChI is InChI=1S/C14H30N2/c1-3-4-5-6-7-10-15-13-14(2)16-11-8-9-12-16/h14-15H,3-13H2,1-2H3. The number of rotatable bonds is 9. The van der Waals surface area contributed by atoms with Crippen molar-refractivity contribution in [2.45, 2.75) is 64.8 Å². The fraction of sp³-hybridized carbons (Fsp3) is 1.00. The average Bonchev–Trinajstić information content (AvgIpc) is 2.81. The summed E-state index contributed by atoms with van der Waals surface area (Å²) in [6.07, 6.45) is 9.73. The normalized spacial score (nSPS) is 19.1. The van der Waals surface area contributed by atoms with Gasteiger partial charge in [0.25, 0.3) is 0 Å². The minimum Gasteiger partial charge on any atom is -0.315 e. The lowest BCUT2D eigenvalue weighted by Gasteiger charge is -2.23. The second kappa shape index (κ2) is 9.00. The summed E-state index contributed by atoms with van der Waals surface area (Å²) in [4.78, 5) is 2.62. The zero-order valence-corrected chi connectivity index (χ0v) is 11.3. The van der Waals surface area contributed by atoms with E-state index >= 15 is 0 Å². The van der Waals surface area contributed by atoms with Gasteiger partial charge in [-0.25, -0.2) is 0 Å². The van der Waals surface area contributed by atoms with Gasteiger partial charge in [0, 0.05) is 12.6 Å². The Kier molecular flexibility index (Phi) is 7.87. The Morgan fingerprint density at radius 3 is 2.44 bits per heavy atom. The zero-order valence-electron chi connectivity index (χ0n) is 11.3. The maximum atomic E-state index is 3.60. The molecule has 1 aliphatic heterocycles. The SMILES string of the molecule is CCCCCCCNCC(C)N1CCCC1. The molecular weight excluding hydrogens is 196 g/mol. The van der Waals surface area contributed by atoms with Crippen LogP contribution in [0.4, 0.5) is 0 Å². The highest BCUT2D eigenvalue weighted by molar-refractivity contribution is 4.74. The number of unbranched alkanes of at least 4 members (excludes halogenated alkanes) is 4. The van der Waals surface area contributed by atoms with E-state index in [-0.39, 0.29) is 0 Å². The van der Waals surface area contributed by atoms with E-state index in [4.69, 9.17) is 0 Å². The van der Waals surface area contributed by atoms with Gasteiger partial charge < -0.3 is 5.32 Å². The number of nitrogens with zero attached hydrogens (tertiary/aromatic N) is 1. The minimum atomic E-state index is 0.734. The molecule has 0 saturated carbocycles. The molecular formula is C14H30N2. The molecule has 2 heteroatoms. The summed E-state index contributed by atoms with van der Waals surface area (Å²) < 4.78 is 0. The second-order valence-electron chi connectivity index (χ2n) is 5.21. The molecule has 1 heterocycles. The van der Waals surface area contributed by atoms with Crippen LogP contribution in [-0.4, -0.2) is 37.1 Å². The first-order chi connectivity index (χ1) is 7.84. The topological polar surface area (TPSA) is 15.3 Å². The summed E-state index contributed by atoms with van der Waals surface area (Å²) in [5, 5.41) is 3.60. The van der Waals surface area contributed by atoms with Gasteiger partial charge in [0.15, 0.2) is 0 Å². The Balaban J connectivity index is 1.86. The maximum absolute atomic E-state index is 3.60. The van der Waals surface area contributed by atoms with Crippen molar-refractivity contribution in [1.29, 1.82) is 0 Å². The molecule has 1 rings (SSSR count). The highest BCUT2D eigenvalue weighted by Crippen LogP contribution is 2.10. The number of hydrogen-bond acceptors (Lipinski definition) is 2. The van der Waals surface area contributed by atoms with Crippen LogP contribution in [0, 0.1) is 0 Å². The van der Waals surface area contributed by atoms with Gasteiger partial charge in [-0.15, -0.1) is 0 Å². The third-order valence-corrected chi connectivity index (χ3v) is 3.66. The molecule has 1 saturated heterocycles. The van der Waals surface area contributed by atoms with Crippen LogP contribution < -0.4 is 5.32 Å². The second-order valence-corrected chi connectivity index (χ2v) is 5.21. The van der Waals surface area contributed by atoms with Crippen molar-refractivity contribution in [3.63, 3.8) is 0 Å². The van der Waals surface area contributed by atoms with Gasteiger partial charge in [-0.1, -0.05) is 32.6 Å². The summed E-state index contributed by atoms with van der Waals surface area (Å²) in [6.45, 7) is 9.65. The van der Waals surface area contributed by atoms with Gasteiger partial charge in [-0.2, -0.15) is 0 Å². The van der Waals surface area contributed by atoms with E-state index in [0.29, 0.717) is 0 Å². The molecule has 16 heavy (non-hydrogen) atoms. The largest absolute Gasteiger partial charge is 0.315 e. The van der Waals surface area contributed by atoms with E-state index in [1.807, 2.05) is 0 Å². The Hall–Kier alpha value is -0.0800. The first-order valence-electron chi connectivity index (χ1n) is 7.29. The smallest absolute Gasteiger partial charge is 0.0192 e. The Bertz CT molecular complexity index is 153. The van der Waals surface area contributed by atoms with Crippen LogP contribution in [0.3, 0.4) is 0 Å². The van der Waals surface area contributed by atoms with Gasteiger partial charge in [0.2, 0.25) is 0 Å². The summed E-state index contributed by atoms with van der Waals surface area (Å²) in [5.74, 6) is 0. The molecule has 1 N–H and O–H groups in total. The van der Waals surface area contributed by atoms with Gasteiger partial charge in [-0.3, -0.25) is 4.90 Å². The van der Waals surface area contributed by atoms with E-state index in [9.17, 15) is 0 Å². The fourth-order valence-electron chi connectivity index (χ4n) is 2.48. The maximum Gasteiger partial charge on any atom is 0.0192 e. The van der Waals surface area contributed by atoms with E-state index < -0.39 is 0 Å². The molecule has 1 fully saturated rings. The van der Waals surface area contributed by atoms with Gasteiger partial charge in [-0.05, 0) is 45.8 Å². The third kappa shape index (κ3) is 5.86. The van der Waals surface area contributed by atoms with Crippen molar-refractivity contribution in [2.24, 2.45) is 0 Å². The summed E-state index contributed by atoms with van der Waals surface area (Å²) in [6, 6.07) is 0.734. The monoisotopic (exact) mass is 226 g/mol. The van der Waals surface area contributed by atoms with Crippen molar-refractivity contribution in [2.75, 3.05) is 26.2 Å². The lowest BCUT2D eigenvalue weighted by molar-refractivity contribution is 0.252. The fourth-order valence-corrected chi connectivity index (χ4v) is 2.48. The minimum absolute atomic E-state index is 0.734. The van der Waals surface area contributed by atoms with Crippen molar-refractivity contribution in [3.8, 4) is 0 Å². The van der Waals surface area contributed by atoms with E-state index in [2.05, 4.69) is 24.1 Å². The quantitative estimate of drug-likeness (QED) is 0.608. The molecule has 2 nitrogen and oxygen atoms in total. The molecule has 0 spiro atoms. The van der Waals surface area contributed by atoms with Crippen LogP contribution in [0.5, 0.6) is 0 Å². The molecule has 0 aromatic rings. The summed E-state index contributed by atoms with van der Waals surface area (Å²) >= 11 is 0. The highest BCUT2D eigenvalue weighted by Gasteiger charge is 2.16. The first-order valence-corrected chi connectivity index (χ1v) is 7.29. The molecule has 96 valence electrons. The molecule has 0 bridgehead atoms. The van der Waals surface area contributed by atoms with Crippen LogP contribution in [0.15, 0.2) is 0 Å². The molecule has 0 aliphatic carbocycles. The van der Waals surface area contributed by atoms with Crippen LogP contribution in [0.1, 0.15) is 58.8 Å². The van der Waals surface area contributed by atoms with Crippen LogP contribution in [0.2, 0.25) is 0 Å². The lowest BCUT2D eigenvalue weighted by atomic mass is 10.1.